The van der Waals surface area contributed by atoms with Gasteiger partial charge in [0.2, 0.25) is 0 Å². The van der Waals surface area contributed by atoms with E-state index in [0.717, 1.165) is 11.0 Å². The van der Waals surface area contributed by atoms with Crippen LogP contribution in [0, 0.1) is 12.7 Å². The molecule has 0 amide bonds. The Balaban J connectivity index is 1.77. The van der Waals surface area contributed by atoms with Gasteiger partial charge in [0, 0.05) is 23.4 Å². The maximum absolute atomic E-state index is 14.0. The van der Waals surface area contributed by atoms with E-state index < -0.39 is 7.12 Å². The second kappa shape index (κ2) is 5.46. The van der Waals surface area contributed by atoms with Crippen molar-refractivity contribution in [2.24, 2.45) is 0 Å². The minimum atomic E-state index is -0.448. The van der Waals surface area contributed by atoms with E-state index in [4.69, 9.17) is 9.31 Å². The van der Waals surface area contributed by atoms with Crippen molar-refractivity contribution in [1.82, 2.24) is 9.78 Å². The number of rotatable bonds is 3. The van der Waals surface area contributed by atoms with Crippen LogP contribution in [0.15, 0.2) is 30.6 Å². The van der Waals surface area contributed by atoms with Crippen LogP contribution in [0.5, 0.6) is 0 Å². The van der Waals surface area contributed by atoms with Crippen molar-refractivity contribution in [1.29, 1.82) is 0 Å². The summed E-state index contributed by atoms with van der Waals surface area (Å²) in [6.45, 7) is 10.3. The average molecular weight is 316 g/mol. The van der Waals surface area contributed by atoms with Gasteiger partial charge in [-0.25, -0.2) is 4.39 Å². The fourth-order valence-corrected chi connectivity index (χ4v) is 2.52. The van der Waals surface area contributed by atoms with E-state index in [2.05, 4.69) is 5.10 Å². The molecule has 0 aliphatic carbocycles. The van der Waals surface area contributed by atoms with Crippen LogP contribution in [-0.2, 0) is 15.9 Å². The van der Waals surface area contributed by atoms with Crippen molar-refractivity contribution in [3.05, 3.63) is 47.5 Å². The Morgan fingerprint density at radius 3 is 2.43 bits per heavy atom. The number of nitrogens with zero attached hydrogens (tertiary/aromatic N) is 2. The number of hydrogen-bond donors (Lipinski definition) is 0. The summed E-state index contributed by atoms with van der Waals surface area (Å²) < 4.78 is 27.7. The molecular formula is C17H22BFN2O2. The molecule has 6 heteroatoms. The molecule has 1 aliphatic heterocycles. The van der Waals surface area contributed by atoms with E-state index >= 15 is 0 Å². The van der Waals surface area contributed by atoms with Crippen LogP contribution >= 0.6 is 0 Å². The highest BCUT2D eigenvalue weighted by Gasteiger charge is 2.52. The largest absolute Gasteiger partial charge is 0.498 e. The molecule has 122 valence electrons. The Morgan fingerprint density at radius 2 is 1.83 bits per heavy atom. The van der Waals surface area contributed by atoms with Gasteiger partial charge in [0.05, 0.1) is 17.7 Å². The number of aromatic nitrogens is 2. The minimum absolute atomic E-state index is 0.210. The Labute approximate surface area is 136 Å². The lowest BCUT2D eigenvalue weighted by atomic mass is 9.82. The van der Waals surface area contributed by atoms with E-state index in [1.807, 2.05) is 46.9 Å². The SMILES string of the molecule is Cc1ccc(Cn2cc(B3OC(C)(C)C(C)(C)O3)cn2)c(F)c1. The topological polar surface area (TPSA) is 36.3 Å². The lowest BCUT2D eigenvalue weighted by Crippen LogP contribution is -2.41. The highest BCUT2D eigenvalue weighted by molar-refractivity contribution is 6.61. The van der Waals surface area contributed by atoms with Gasteiger partial charge in [-0.1, -0.05) is 12.1 Å². The molecule has 4 nitrogen and oxygen atoms in total. The fourth-order valence-electron chi connectivity index (χ4n) is 2.52. The number of hydrogen-bond acceptors (Lipinski definition) is 3. The molecule has 1 saturated heterocycles. The van der Waals surface area contributed by atoms with E-state index in [9.17, 15) is 4.39 Å². The van der Waals surface area contributed by atoms with Gasteiger partial charge >= 0.3 is 7.12 Å². The molecule has 23 heavy (non-hydrogen) atoms. The average Bonchev–Trinajstić information content (AvgIpc) is 2.96. The molecule has 0 N–H and O–H groups in total. The Hall–Kier alpha value is -1.66. The van der Waals surface area contributed by atoms with Gasteiger partial charge in [0.25, 0.3) is 0 Å². The second-order valence-corrected chi connectivity index (χ2v) is 7.15. The van der Waals surface area contributed by atoms with E-state index in [0.29, 0.717) is 12.1 Å². The van der Waals surface area contributed by atoms with E-state index in [1.54, 1.807) is 16.9 Å². The van der Waals surface area contributed by atoms with E-state index in [-0.39, 0.29) is 17.0 Å². The van der Waals surface area contributed by atoms with Crippen LogP contribution in [0.2, 0.25) is 0 Å². The molecule has 0 spiro atoms. The number of aryl methyl sites for hydroxylation is 1. The smallest absolute Gasteiger partial charge is 0.399 e. The fraction of sp³-hybridized carbons (Fsp3) is 0.471. The first kappa shape index (κ1) is 16.2. The van der Waals surface area contributed by atoms with E-state index in [1.165, 1.54) is 6.07 Å². The standard InChI is InChI=1S/C17H22BFN2O2/c1-12-6-7-13(15(19)8-12)10-21-11-14(9-20-21)18-22-16(2,3)17(4,5)23-18/h6-9,11H,10H2,1-5H3. The van der Waals surface area contributed by atoms with Gasteiger partial charge in [-0.15, -0.1) is 0 Å². The van der Waals surface area contributed by atoms with Gasteiger partial charge in [0.15, 0.2) is 0 Å². The highest BCUT2D eigenvalue weighted by atomic mass is 19.1. The third-order valence-electron chi connectivity index (χ3n) is 4.72. The van der Waals surface area contributed by atoms with Crippen LogP contribution in [0.1, 0.15) is 38.8 Å². The Kier molecular flexibility index (Phi) is 3.85. The lowest BCUT2D eigenvalue weighted by Gasteiger charge is -2.32. The quantitative estimate of drug-likeness (QED) is 0.817. The first-order chi connectivity index (χ1) is 10.7. The van der Waals surface area contributed by atoms with Crippen LogP contribution in [0.4, 0.5) is 4.39 Å². The zero-order valence-corrected chi connectivity index (χ0v) is 14.3. The zero-order chi connectivity index (χ0) is 16.8. The molecular weight excluding hydrogens is 294 g/mol. The molecule has 0 atom stereocenters. The molecule has 1 aromatic carbocycles. The third kappa shape index (κ3) is 3.05. The third-order valence-corrected chi connectivity index (χ3v) is 4.72. The zero-order valence-electron chi connectivity index (χ0n) is 14.3. The summed E-state index contributed by atoms with van der Waals surface area (Å²) >= 11 is 0. The molecule has 3 rings (SSSR count). The van der Waals surface area contributed by atoms with Crippen molar-refractivity contribution in [2.45, 2.75) is 52.4 Å². The van der Waals surface area contributed by atoms with Gasteiger partial charge < -0.3 is 9.31 Å². The minimum Gasteiger partial charge on any atom is -0.399 e. The first-order valence-corrected chi connectivity index (χ1v) is 7.81. The van der Waals surface area contributed by atoms with Crippen LogP contribution in [-0.4, -0.2) is 28.1 Å². The normalized spacial score (nSPS) is 19.3. The molecule has 1 fully saturated rings. The van der Waals surface area contributed by atoms with Crippen LogP contribution in [0.25, 0.3) is 0 Å². The number of benzene rings is 1. The summed E-state index contributed by atoms with van der Waals surface area (Å²) in [7, 11) is -0.448. The monoisotopic (exact) mass is 316 g/mol. The maximum atomic E-state index is 14.0. The summed E-state index contributed by atoms with van der Waals surface area (Å²) in [6.07, 6.45) is 3.57. The van der Waals surface area contributed by atoms with Gasteiger partial charge in [0.1, 0.15) is 5.82 Å². The second-order valence-electron chi connectivity index (χ2n) is 7.15. The predicted octanol–water partition coefficient (Wildman–Crippen LogP) is 2.68. The van der Waals surface area contributed by atoms with Crippen molar-refractivity contribution in [2.75, 3.05) is 0 Å². The van der Waals surface area contributed by atoms with Crippen molar-refractivity contribution >= 4 is 12.6 Å². The first-order valence-electron chi connectivity index (χ1n) is 7.81. The Bertz CT molecular complexity index is 711. The van der Waals surface area contributed by atoms with Gasteiger partial charge in [-0.05, 0) is 46.2 Å². The highest BCUT2D eigenvalue weighted by Crippen LogP contribution is 2.36. The molecule has 0 saturated carbocycles. The molecule has 1 aromatic heterocycles. The summed E-state index contributed by atoms with van der Waals surface area (Å²) in [5, 5.41) is 4.31. The van der Waals surface area contributed by atoms with Crippen molar-refractivity contribution in [3.63, 3.8) is 0 Å². The maximum Gasteiger partial charge on any atom is 0.498 e. The molecule has 2 heterocycles. The van der Waals surface area contributed by atoms with Gasteiger partial charge in [-0.2, -0.15) is 5.10 Å². The number of halogens is 1. The molecule has 0 bridgehead atoms. The molecule has 0 radical (unpaired) electrons. The Morgan fingerprint density at radius 1 is 1.17 bits per heavy atom. The predicted molar refractivity (Wildman–Crippen MR) is 88.2 cm³/mol. The summed E-state index contributed by atoms with van der Waals surface area (Å²) in [4.78, 5) is 0. The summed E-state index contributed by atoms with van der Waals surface area (Å²) in [6, 6.07) is 5.23. The summed E-state index contributed by atoms with van der Waals surface area (Å²) in [5.41, 5.74) is 1.59. The van der Waals surface area contributed by atoms with Crippen molar-refractivity contribution < 1.29 is 13.7 Å². The van der Waals surface area contributed by atoms with Crippen LogP contribution < -0.4 is 5.46 Å². The molecule has 1 aliphatic rings. The lowest BCUT2D eigenvalue weighted by molar-refractivity contribution is 0.00578. The van der Waals surface area contributed by atoms with Crippen LogP contribution in [0.3, 0.4) is 0 Å². The molecule has 0 unspecified atom stereocenters. The van der Waals surface area contributed by atoms with Gasteiger partial charge in [-0.3, -0.25) is 4.68 Å². The summed E-state index contributed by atoms with van der Waals surface area (Å²) in [5.74, 6) is -0.210. The van der Waals surface area contributed by atoms with Crippen molar-refractivity contribution in [3.8, 4) is 0 Å². The molecule has 2 aromatic rings.